The molecule has 1 heterocycles. The summed E-state index contributed by atoms with van der Waals surface area (Å²) in [6, 6.07) is 13.4. The summed E-state index contributed by atoms with van der Waals surface area (Å²) in [6.07, 6.45) is 0.121. The average molecular weight is 418 g/mol. The molecule has 2 aromatic carbocycles. The summed E-state index contributed by atoms with van der Waals surface area (Å²) in [7, 11) is 0. The lowest BCUT2D eigenvalue weighted by atomic mass is 9.89. The molecular formula is C21H24BrNO3. The van der Waals surface area contributed by atoms with Crippen LogP contribution >= 0.6 is 15.9 Å². The van der Waals surface area contributed by atoms with Gasteiger partial charge in [0.15, 0.2) is 6.10 Å². The fraction of sp³-hybridized carbons (Fsp3) is 0.381. The number of carbonyl (C=O) groups excluding carboxylic acids is 1. The largest absolute Gasteiger partial charge is 0.487 e. The van der Waals surface area contributed by atoms with E-state index < -0.39 is 6.10 Å². The van der Waals surface area contributed by atoms with Crippen LogP contribution in [0.2, 0.25) is 0 Å². The van der Waals surface area contributed by atoms with Crippen LogP contribution in [0.4, 0.5) is 0 Å². The Balaban J connectivity index is 1.74. The van der Waals surface area contributed by atoms with Crippen LogP contribution in [0.25, 0.3) is 0 Å². The van der Waals surface area contributed by atoms with Crippen LogP contribution in [0.3, 0.4) is 0 Å². The van der Waals surface area contributed by atoms with E-state index in [2.05, 4.69) is 27.3 Å². The molecular weight excluding hydrogens is 394 g/mol. The van der Waals surface area contributed by atoms with Gasteiger partial charge in [0.2, 0.25) is 0 Å². The Morgan fingerprint density at radius 1 is 1.27 bits per heavy atom. The minimum atomic E-state index is -0.588. The van der Waals surface area contributed by atoms with Gasteiger partial charge in [-0.1, -0.05) is 33.6 Å². The van der Waals surface area contributed by atoms with Crippen molar-refractivity contribution in [3.8, 4) is 11.5 Å². The summed E-state index contributed by atoms with van der Waals surface area (Å²) >= 11 is 3.39. The third-order valence-corrected chi connectivity index (χ3v) is 4.96. The quantitative estimate of drug-likeness (QED) is 0.765. The molecule has 0 spiro atoms. The van der Waals surface area contributed by atoms with Crippen molar-refractivity contribution in [2.45, 2.75) is 51.9 Å². The van der Waals surface area contributed by atoms with Crippen LogP contribution in [0, 0.1) is 6.92 Å². The Bertz CT molecular complexity index is 801. The molecule has 0 fully saturated rings. The number of ether oxygens (including phenoxy) is 2. The molecule has 3 rings (SSSR count). The number of fused-ring (bicyclic) bond motifs is 1. The first-order chi connectivity index (χ1) is 12.2. The molecule has 138 valence electrons. The van der Waals surface area contributed by atoms with E-state index in [-0.39, 0.29) is 17.6 Å². The highest BCUT2D eigenvalue weighted by atomic mass is 79.9. The van der Waals surface area contributed by atoms with Crippen molar-refractivity contribution in [1.82, 2.24) is 5.32 Å². The van der Waals surface area contributed by atoms with Crippen LogP contribution in [0.5, 0.6) is 11.5 Å². The number of amides is 1. The zero-order valence-corrected chi connectivity index (χ0v) is 17.1. The molecule has 2 atom stereocenters. The van der Waals surface area contributed by atoms with Gasteiger partial charge in [0.25, 0.3) is 5.91 Å². The predicted molar refractivity (Wildman–Crippen MR) is 106 cm³/mol. The molecule has 1 N–H and O–H groups in total. The summed E-state index contributed by atoms with van der Waals surface area (Å²) in [5.41, 5.74) is 1.83. The van der Waals surface area contributed by atoms with E-state index in [0.717, 1.165) is 21.3 Å². The number of benzene rings is 2. The smallest absolute Gasteiger partial charge is 0.261 e. The molecule has 0 unspecified atom stereocenters. The fourth-order valence-corrected chi connectivity index (χ4v) is 3.43. The van der Waals surface area contributed by atoms with Gasteiger partial charge >= 0.3 is 0 Å². The Kier molecular flexibility index (Phi) is 5.28. The van der Waals surface area contributed by atoms with E-state index in [4.69, 9.17) is 9.47 Å². The van der Waals surface area contributed by atoms with Crippen molar-refractivity contribution in [3.05, 3.63) is 58.1 Å². The zero-order chi connectivity index (χ0) is 18.9. The van der Waals surface area contributed by atoms with Crippen molar-refractivity contribution < 1.29 is 14.3 Å². The maximum absolute atomic E-state index is 12.7. The van der Waals surface area contributed by atoms with Crippen molar-refractivity contribution >= 4 is 21.8 Å². The highest BCUT2D eigenvalue weighted by Gasteiger charge is 2.35. The Hall–Kier alpha value is -2.01. The molecule has 1 aliphatic heterocycles. The summed E-state index contributed by atoms with van der Waals surface area (Å²) in [4.78, 5) is 12.7. The summed E-state index contributed by atoms with van der Waals surface area (Å²) in [6.45, 7) is 7.88. The molecule has 1 amide bonds. The van der Waals surface area contributed by atoms with Gasteiger partial charge in [-0.05, 0) is 58.0 Å². The van der Waals surface area contributed by atoms with Gasteiger partial charge in [0.1, 0.15) is 17.1 Å². The van der Waals surface area contributed by atoms with Gasteiger partial charge in [-0.25, -0.2) is 0 Å². The molecule has 0 bridgehead atoms. The Morgan fingerprint density at radius 2 is 1.96 bits per heavy atom. The normalized spacial score (nSPS) is 19.0. The number of nitrogens with one attached hydrogen (secondary N) is 1. The lowest BCUT2D eigenvalue weighted by molar-refractivity contribution is -0.128. The highest BCUT2D eigenvalue weighted by molar-refractivity contribution is 9.10. The first-order valence-corrected chi connectivity index (χ1v) is 9.55. The van der Waals surface area contributed by atoms with Gasteiger partial charge in [-0.2, -0.15) is 0 Å². The number of aryl methyl sites for hydroxylation is 1. The van der Waals surface area contributed by atoms with Gasteiger partial charge < -0.3 is 14.8 Å². The van der Waals surface area contributed by atoms with Gasteiger partial charge in [0, 0.05) is 16.5 Å². The Labute approximate surface area is 163 Å². The van der Waals surface area contributed by atoms with Gasteiger partial charge in [-0.15, -0.1) is 0 Å². The van der Waals surface area contributed by atoms with E-state index in [1.54, 1.807) is 6.92 Å². The molecule has 0 aromatic heterocycles. The van der Waals surface area contributed by atoms with Crippen LogP contribution in [-0.4, -0.2) is 17.6 Å². The maximum Gasteiger partial charge on any atom is 0.261 e. The molecule has 2 aromatic rings. The van der Waals surface area contributed by atoms with Crippen LogP contribution in [0.1, 0.15) is 44.4 Å². The highest BCUT2D eigenvalue weighted by Crippen LogP contribution is 2.39. The molecule has 0 saturated heterocycles. The summed E-state index contributed by atoms with van der Waals surface area (Å²) < 4.78 is 12.8. The third kappa shape index (κ3) is 4.39. The predicted octanol–water partition coefficient (Wildman–Crippen LogP) is 4.94. The van der Waals surface area contributed by atoms with E-state index in [0.29, 0.717) is 12.2 Å². The molecule has 0 saturated carbocycles. The molecule has 1 aliphatic rings. The Morgan fingerprint density at radius 3 is 2.65 bits per heavy atom. The summed E-state index contributed by atoms with van der Waals surface area (Å²) in [5.74, 6) is 1.36. The van der Waals surface area contributed by atoms with Crippen LogP contribution in [-0.2, 0) is 4.79 Å². The maximum atomic E-state index is 12.7. The number of carbonyl (C=O) groups is 1. The first kappa shape index (κ1) is 18.8. The molecule has 5 heteroatoms. The summed E-state index contributed by atoms with van der Waals surface area (Å²) in [5, 5.41) is 3.14. The van der Waals surface area contributed by atoms with Gasteiger partial charge in [0.05, 0.1) is 6.04 Å². The fourth-order valence-electron chi connectivity index (χ4n) is 3.16. The molecule has 26 heavy (non-hydrogen) atoms. The van der Waals surface area contributed by atoms with Crippen LogP contribution in [0.15, 0.2) is 46.9 Å². The second kappa shape index (κ2) is 7.31. The van der Waals surface area contributed by atoms with E-state index in [9.17, 15) is 4.79 Å². The van der Waals surface area contributed by atoms with Crippen molar-refractivity contribution in [2.75, 3.05) is 0 Å². The minimum Gasteiger partial charge on any atom is -0.487 e. The van der Waals surface area contributed by atoms with E-state index >= 15 is 0 Å². The van der Waals surface area contributed by atoms with Crippen LogP contribution < -0.4 is 14.8 Å². The van der Waals surface area contributed by atoms with E-state index in [1.165, 1.54) is 0 Å². The van der Waals surface area contributed by atoms with Gasteiger partial charge in [-0.3, -0.25) is 4.79 Å². The standard InChI is InChI=1S/C21H24BrNO3/c1-13-5-10-19-17(11-13)18(12-21(3,4)26-19)23-20(24)14(2)25-16-8-6-15(22)7-9-16/h5-11,14,18H,12H2,1-4H3,(H,23,24)/t14-,18+/m0/s1. The third-order valence-electron chi connectivity index (χ3n) is 4.43. The topological polar surface area (TPSA) is 47.6 Å². The minimum absolute atomic E-state index is 0.0999. The second-order valence-electron chi connectivity index (χ2n) is 7.38. The second-order valence-corrected chi connectivity index (χ2v) is 8.30. The van der Waals surface area contributed by atoms with Crippen molar-refractivity contribution in [3.63, 3.8) is 0 Å². The average Bonchev–Trinajstić information content (AvgIpc) is 2.57. The number of hydrogen-bond acceptors (Lipinski definition) is 3. The number of halogens is 1. The van der Waals surface area contributed by atoms with Crippen molar-refractivity contribution in [1.29, 1.82) is 0 Å². The number of hydrogen-bond donors (Lipinski definition) is 1. The first-order valence-electron chi connectivity index (χ1n) is 8.76. The zero-order valence-electron chi connectivity index (χ0n) is 15.5. The molecule has 4 nitrogen and oxygen atoms in total. The molecule has 0 aliphatic carbocycles. The van der Waals surface area contributed by atoms with E-state index in [1.807, 2.05) is 57.2 Å². The lowest BCUT2D eigenvalue weighted by Crippen LogP contribution is -2.44. The monoisotopic (exact) mass is 417 g/mol. The molecule has 0 radical (unpaired) electrons. The number of rotatable bonds is 4. The van der Waals surface area contributed by atoms with Crippen molar-refractivity contribution in [2.24, 2.45) is 0 Å². The SMILES string of the molecule is Cc1ccc2c(c1)[C@H](NC(=O)[C@H](C)Oc1ccc(Br)cc1)CC(C)(C)O2. The lowest BCUT2D eigenvalue weighted by Gasteiger charge is -2.38.